The lowest BCUT2D eigenvalue weighted by Gasteiger charge is -2.23. The predicted molar refractivity (Wildman–Crippen MR) is 132 cm³/mol. The van der Waals surface area contributed by atoms with Crippen molar-refractivity contribution in [2.24, 2.45) is 4.99 Å². The molecule has 206 valence electrons. The number of aliphatic imine (C=N–C) groups is 1. The standard InChI is InChI=1S/C25H23F6N7O/c1-4-38-13(2)11-34-21(38)16(9-10-24(27,28)25(29,30)31)33-12-17-35-19(32)18-20(36-17)37-22(39)23(18,3)14-5-7-15(26)8-6-14/h4-8,11H,1,9-10,12H2,2-3H3,(H3,32,35,36,37,39)/b33-16-. The van der Waals surface area contributed by atoms with Crippen LogP contribution < -0.4 is 11.1 Å². The van der Waals surface area contributed by atoms with Crippen molar-refractivity contribution in [2.45, 2.75) is 50.7 Å². The average Bonchev–Trinajstić information content (AvgIpc) is 3.35. The number of imidazole rings is 1. The number of nitrogens with one attached hydrogen (secondary N) is 1. The Kier molecular flexibility index (Phi) is 7.00. The van der Waals surface area contributed by atoms with E-state index in [4.69, 9.17) is 5.73 Å². The summed E-state index contributed by atoms with van der Waals surface area (Å²) in [6.07, 6.45) is -5.34. The van der Waals surface area contributed by atoms with E-state index in [2.05, 4.69) is 31.8 Å². The molecule has 0 aliphatic carbocycles. The molecule has 4 rings (SSSR count). The molecule has 0 spiro atoms. The zero-order chi connectivity index (χ0) is 28.8. The Morgan fingerprint density at radius 3 is 2.49 bits per heavy atom. The molecular weight excluding hydrogens is 528 g/mol. The van der Waals surface area contributed by atoms with E-state index in [1.54, 1.807) is 13.8 Å². The third-order valence-electron chi connectivity index (χ3n) is 6.52. The van der Waals surface area contributed by atoms with Crippen LogP contribution in [0.3, 0.4) is 0 Å². The quantitative estimate of drug-likeness (QED) is 0.302. The van der Waals surface area contributed by atoms with Crippen molar-refractivity contribution >= 4 is 29.5 Å². The smallest absolute Gasteiger partial charge is 0.383 e. The van der Waals surface area contributed by atoms with Gasteiger partial charge in [0.05, 0.1) is 17.8 Å². The van der Waals surface area contributed by atoms with Crippen LogP contribution in [0.1, 0.15) is 48.2 Å². The Hall–Kier alpha value is -4.23. The minimum absolute atomic E-state index is 0.0246. The number of nitrogen functional groups attached to an aromatic ring is 1. The number of alkyl halides is 5. The van der Waals surface area contributed by atoms with Crippen LogP contribution >= 0.6 is 0 Å². The first-order valence-corrected chi connectivity index (χ1v) is 11.6. The molecule has 3 N–H and O–H groups in total. The van der Waals surface area contributed by atoms with E-state index in [-0.39, 0.29) is 41.1 Å². The number of aromatic nitrogens is 4. The number of hydrogen-bond donors (Lipinski definition) is 2. The van der Waals surface area contributed by atoms with E-state index < -0.39 is 42.1 Å². The van der Waals surface area contributed by atoms with Crippen LogP contribution in [0.15, 0.2) is 42.0 Å². The first kappa shape index (κ1) is 27.8. The molecule has 0 saturated heterocycles. The highest BCUT2D eigenvalue weighted by Gasteiger charge is 2.56. The van der Waals surface area contributed by atoms with Crippen molar-refractivity contribution in [2.75, 3.05) is 11.1 Å². The number of carbonyl (C=O) groups is 1. The van der Waals surface area contributed by atoms with Gasteiger partial charge in [0.1, 0.15) is 22.9 Å². The number of benzene rings is 1. The van der Waals surface area contributed by atoms with Gasteiger partial charge in [-0.25, -0.2) is 19.3 Å². The largest absolute Gasteiger partial charge is 0.453 e. The molecule has 0 saturated carbocycles. The van der Waals surface area contributed by atoms with Gasteiger partial charge in [-0.3, -0.25) is 9.79 Å². The summed E-state index contributed by atoms with van der Waals surface area (Å²) in [5, 5.41) is 2.62. The van der Waals surface area contributed by atoms with Crippen molar-refractivity contribution in [3.05, 3.63) is 71.3 Å². The number of nitrogens with zero attached hydrogens (tertiary/aromatic N) is 5. The molecule has 0 fully saturated rings. The second-order valence-corrected chi connectivity index (χ2v) is 9.08. The summed E-state index contributed by atoms with van der Waals surface area (Å²) >= 11 is 0. The fourth-order valence-electron chi connectivity index (χ4n) is 4.32. The second kappa shape index (κ2) is 9.82. The topological polar surface area (TPSA) is 111 Å². The zero-order valence-electron chi connectivity index (χ0n) is 20.8. The molecule has 1 unspecified atom stereocenters. The number of amides is 1. The summed E-state index contributed by atoms with van der Waals surface area (Å²) in [6, 6.07) is 5.28. The van der Waals surface area contributed by atoms with Crippen molar-refractivity contribution in [3.63, 3.8) is 0 Å². The maximum absolute atomic E-state index is 13.7. The number of halogens is 6. The van der Waals surface area contributed by atoms with Gasteiger partial charge in [-0.1, -0.05) is 18.7 Å². The van der Waals surface area contributed by atoms with E-state index in [1.807, 2.05) is 0 Å². The van der Waals surface area contributed by atoms with Gasteiger partial charge in [0.25, 0.3) is 0 Å². The summed E-state index contributed by atoms with van der Waals surface area (Å²) in [4.78, 5) is 29.7. The molecule has 39 heavy (non-hydrogen) atoms. The molecule has 3 aromatic rings. The molecule has 0 bridgehead atoms. The molecule has 8 nitrogen and oxygen atoms in total. The molecule has 1 aliphatic rings. The number of aryl methyl sites for hydroxylation is 1. The zero-order valence-corrected chi connectivity index (χ0v) is 20.8. The highest BCUT2D eigenvalue weighted by molar-refractivity contribution is 6.08. The SMILES string of the molecule is C=Cn1c(C)cnc1/C(CCC(F)(F)C(F)(F)F)=N\Cc1nc(N)c2c(n1)NC(=O)C2(C)c1ccc(F)cc1. The monoisotopic (exact) mass is 551 g/mol. The Morgan fingerprint density at radius 2 is 1.87 bits per heavy atom. The molecular formula is C25H23F6N7O. The van der Waals surface area contributed by atoms with Gasteiger partial charge in [-0.05, 0) is 38.0 Å². The van der Waals surface area contributed by atoms with Crippen LogP contribution in [-0.4, -0.2) is 43.2 Å². The summed E-state index contributed by atoms with van der Waals surface area (Å²) in [5.41, 5.74) is 5.96. The highest BCUT2D eigenvalue weighted by atomic mass is 19.4. The van der Waals surface area contributed by atoms with E-state index >= 15 is 0 Å². The third-order valence-corrected chi connectivity index (χ3v) is 6.52. The fourth-order valence-corrected chi connectivity index (χ4v) is 4.32. The van der Waals surface area contributed by atoms with Gasteiger partial charge < -0.3 is 15.6 Å². The van der Waals surface area contributed by atoms with Crippen LogP contribution in [0.4, 0.5) is 38.0 Å². The second-order valence-electron chi connectivity index (χ2n) is 9.08. The van der Waals surface area contributed by atoms with Gasteiger partial charge in [0.2, 0.25) is 5.91 Å². The average molecular weight is 551 g/mol. The normalized spacial score (nSPS) is 17.7. The summed E-state index contributed by atoms with van der Waals surface area (Å²) in [6.45, 7) is 6.47. The van der Waals surface area contributed by atoms with Gasteiger partial charge in [0, 0.05) is 24.5 Å². The summed E-state index contributed by atoms with van der Waals surface area (Å²) in [7, 11) is 0. The first-order chi connectivity index (χ1) is 18.2. The molecule has 1 aromatic carbocycles. The predicted octanol–water partition coefficient (Wildman–Crippen LogP) is 5.03. The molecule has 3 heterocycles. The Labute approximate surface area is 218 Å². The lowest BCUT2D eigenvalue weighted by atomic mass is 9.78. The number of nitrogens with two attached hydrogens (primary N) is 1. The van der Waals surface area contributed by atoms with E-state index in [0.717, 1.165) is 0 Å². The maximum atomic E-state index is 13.7. The Bertz CT molecular complexity index is 1460. The molecule has 1 aliphatic heterocycles. The van der Waals surface area contributed by atoms with Crippen molar-refractivity contribution in [1.29, 1.82) is 0 Å². The minimum Gasteiger partial charge on any atom is -0.383 e. The van der Waals surface area contributed by atoms with E-state index in [9.17, 15) is 31.1 Å². The van der Waals surface area contributed by atoms with Crippen molar-refractivity contribution < 1.29 is 31.1 Å². The van der Waals surface area contributed by atoms with E-state index in [1.165, 1.54) is 41.2 Å². The van der Waals surface area contributed by atoms with E-state index in [0.29, 0.717) is 11.3 Å². The summed E-state index contributed by atoms with van der Waals surface area (Å²) < 4.78 is 80.6. The van der Waals surface area contributed by atoms with Gasteiger partial charge in [-0.2, -0.15) is 22.0 Å². The van der Waals surface area contributed by atoms with Crippen LogP contribution in [0.2, 0.25) is 0 Å². The molecule has 1 atom stereocenters. The van der Waals surface area contributed by atoms with Gasteiger partial charge in [0.15, 0.2) is 11.6 Å². The lowest BCUT2D eigenvalue weighted by Crippen LogP contribution is -2.36. The number of anilines is 2. The molecule has 1 amide bonds. The van der Waals surface area contributed by atoms with Crippen LogP contribution in [0.5, 0.6) is 0 Å². The Morgan fingerprint density at radius 1 is 1.21 bits per heavy atom. The summed E-state index contributed by atoms with van der Waals surface area (Å²) in [5.74, 6) is -5.91. The molecule has 2 aromatic heterocycles. The van der Waals surface area contributed by atoms with Gasteiger partial charge in [-0.15, -0.1) is 0 Å². The maximum Gasteiger partial charge on any atom is 0.453 e. The van der Waals surface area contributed by atoms with Crippen molar-refractivity contribution in [3.8, 4) is 0 Å². The van der Waals surface area contributed by atoms with Crippen LogP contribution in [0, 0.1) is 12.7 Å². The van der Waals surface area contributed by atoms with Crippen LogP contribution in [-0.2, 0) is 16.8 Å². The number of hydrogen-bond acceptors (Lipinski definition) is 6. The Balaban J connectivity index is 1.69. The molecule has 0 radical (unpaired) electrons. The fraction of sp³-hybridized carbons (Fsp3) is 0.320. The third kappa shape index (κ3) is 4.98. The molecule has 14 heteroatoms. The lowest BCUT2D eigenvalue weighted by molar-refractivity contribution is -0.283. The van der Waals surface area contributed by atoms with Crippen LogP contribution in [0.25, 0.3) is 6.20 Å². The van der Waals surface area contributed by atoms with Crippen molar-refractivity contribution in [1.82, 2.24) is 19.5 Å². The first-order valence-electron chi connectivity index (χ1n) is 11.6. The van der Waals surface area contributed by atoms with Gasteiger partial charge >= 0.3 is 12.1 Å². The number of rotatable bonds is 8. The number of fused-ring (bicyclic) bond motifs is 1. The minimum atomic E-state index is -5.73. The number of carbonyl (C=O) groups excluding carboxylic acids is 1. The highest BCUT2D eigenvalue weighted by Crippen LogP contribution is 2.44.